The van der Waals surface area contributed by atoms with E-state index in [0.29, 0.717) is 24.0 Å². The molecule has 6 heteroatoms. The van der Waals surface area contributed by atoms with Crippen molar-refractivity contribution in [3.63, 3.8) is 0 Å². The lowest BCUT2D eigenvalue weighted by Crippen LogP contribution is -2.06. The topological polar surface area (TPSA) is 83.8 Å². The molecular weight excluding hydrogens is 196 g/mol. The van der Waals surface area contributed by atoms with E-state index in [4.69, 9.17) is 4.52 Å². The van der Waals surface area contributed by atoms with Crippen LogP contribution in [0.15, 0.2) is 27.5 Å². The molecule has 2 rings (SSSR count). The van der Waals surface area contributed by atoms with Crippen LogP contribution in [0.1, 0.15) is 5.82 Å². The predicted octanol–water partition coefficient (Wildman–Crippen LogP) is 0.144. The number of rotatable bonds is 3. The van der Waals surface area contributed by atoms with Crippen LogP contribution in [0.5, 0.6) is 0 Å². The van der Waals surface area contributed by atoms with Gasteiger partial charge in [-0.25, -0.2) is 0 Å². The molecule has 2 N–H and O–H groups in total. The van der Waals surface area contributed by atoms with Crippen molar-refractivity contribution in [1.82, 2.24) is 20.4 Å². The van der Waals surface area contributed by atoms with Crippen molar-refractivity contribution < 1.29 is 4.52 Å². The average molecular weight is 206 g/mol. The first-order valence-electron chi connectivity index (χ1n) is 4.46. The minimum Gasteiger partial charge on any atom is -0.332 e. The summed E-state index contributed by atoms with van der Waals surface area (Å²) in [5.74, 6) is 0.871. The summed E-state index contributed by atoms with van der Waals surface area (Å²) in [6.45, 7) is 0.528. The maximum absolute atomic E-state index is 11.0. The summed E-state index contributed by atoms with van der Waals surface area (Å²) in [7, 11) is 1.79. The van der Waals surface area contributed by atoms with E-state index in [2.05, 4.69) is 20.4 Å². The molecular formula is C9H10N4O2. The lowest BCUT2D eigenvalue weighted by atomic mass is 10.3. The Morgan fingerprint density at radius 2 is 2.40 bits per heavy atom. The molecule has 0 unspecified atom stereocenters. The number of aromatic nitrogens is 3. The quantitative estimate of drug-likeness (QED) is 0.746. The molecule has 0 aliphatic heterocycles. The molecule has 0 bridgehead atoms. The lowest BCUT2D eigenvalue weighted by Gasteiger charge is -1.91. The second-order valence-electron chi connectivity index (χ2n) is 2.97. The van der Waals surface area contributed by atoms with Crippen molar-refractivity contribution in [1.29, 1.82) is 0 Å². The second-order valence-corrected chi connectivity index (χ2v) is 2.97. The van der Waals surface area contributed by atoms with Gasteiger partial charge < -0.3 is 14.8 Å². The monoisotopic (exact) mass is 206 g/mol. The van der Waals surface area contributed by atoms with Crippen LogP contribution in [0.4, 0.5) is 0 Å². The summed E-state index contributed by atoms with van der Waals surface area (Å²) in [5.41, 5.74) is 0.332. The van der Waals surface area contributed by atoms with E-state index in [9.17, 15) is 4.79 Å². The fourth-order valence-electron chi connectivity index (χ4n) is 1.17. The summed E-state index contributed by atoms with van der Waals surface area (Å²) >= 11 is 0. The molecule has 0 radical (unpaired) electrons. The van der Waals surface area contributed by atoms with E-state index in [-0.39, 0.29) is 5.56 Å². The fourth-order valence-corrected chi connectivity index (χ4v) is 1.17. The van der Waals surface area contributed by atoms with E-state index < -0.39 is 0 Å². The van der Waals surface area contributed by atoms with Gasteiger partial charge in [-0.1, -0.05) is 11.2 Å². The molecule has 0 aliphatic rings. The fraction of sp³-hybridized carbons (Fsp3) is 0.222. The third-order valence-electron chi connectivity index (χ3n) is 1.80. The zero-order chi connectivity index (χ0) is 10.7. The largest absolute Gasteiger partial charge is 0.332 e. The van der Waals surface area contributed by atoms with Crippen molar-refractivity contribution in [2.75, 3.05) is 7.05 Å². The Morgan fingerprint density at radius 1 is 1.53 bits per heavy atom. The van der Waals surface area contributed by atoms with Crippen LogP contribution in [-0.2, 0) is 6.54 Å². The van der Waals surface area contributed by atoms with Crippen LogP contribution < -0.4 is 10.9 Å². The van der Waals surface area contributed by atoms with Crippen molar-refractivity contribution in [2.24, 2.45) is 0 Å². The molecule has 0 spiro atoms. The zero-order valence-corrected chi connectivity index (χ0v) is 8.15. The molecule has 2 aromatic heterocycles. The Kier molecular flexibility index (Phi) is 2.59. The molecule has 0 aromatic carbocycles. The van der Waals surface area contributed by atoms with E-state index >= 15 is 0 Å². The highest BCUT2D eigenvalue weighted by Gasteiger charge is 2.07. The van der Waals surface area contributed by atoms with Crippen LogP contribution in [0.2, 0.25) is 0 Å². The SMILES string of the molecule is CNCc1noc(-c2cccc(=O)[nH]2)n1. The van der Waals surface area contributed by atoms with Crippen LogP contribution in [0.3, 0.4) is 0 Å². The van der Waals surface area contributed by atoms with Gasteiger partial charge in [-0.15, -0.1) is 0 Å². The summed E-state index contributed by atoms with van der Waals surface area (Å²) in [4.78, 5) is 17.7. The Morgan fingerprint density at radius 3 is 3.13 bits per heavy atom. The van der Waals surface area contributed by atoms with Gasteiger partial charge in [-0.3, -0.25) is 4.79 Å². The van der Waals surface area contributed by atoms with Crippen LogP contribution in [0, 0.1) is 0 Å². The Bertz CT molecular complexity index is 503. The Hall–Kier alpha value is -1.95. The highest BCUT2D eigenvalue weighted by molar-refractivity contribution is 5.45. The molecule has 2 aromatic rings. The van der Waals surface area contributed by atoms with Gasteiger partial charge in [0.25, 0.3) is 5.89 Å². The summed E-state index contributed by atoms with van der Waals surface area (Å²) < 4.78 is 4.99. The number of nitrogens with one attached hydrogen (secondary N) is 2. The standard InChI is InChI=1S/C9H10N4O2/c1-10-5-7-12-9(15-13-7)6-3-2-4-8(14)11-6/h2-4,10H,5H2,1H3,(H,11,14). The molecule has 0 aliphatic carbocycles. The normalized spacial score (nSPS) is 10.5. The number of H-pyrrole nitrogens is 1. The second kappa shape index (κ2) is 4.05. The van der Waals surface area contributed by atoms with E-state index in [0.717, 1.165) is 0 Å². The molecule has 0 atom stereocenters. The summed E-state index contributed by atoms with van der Waals surface area (Å²) in [6.07, 6.45) is 0. The van der Waals surface area contributed by atoms with Gasteiger partial charge >= 0.3 is 0 Å². The highest BCUT2D eigenvalue weighted by atomic mass is 16.5. The Balaban J connectivity index is 2.33. The first-order chi connectivity index (χ1) is 7.29. The lowest BCUT2D eigenvalue weighted by molar-refractivity contribution is 0.419. The van der Waals surface area contributed by atoms with Crippen molar-refractivity contribution in [2.45, 2.75) is 6.54 Å². The number of hydrogen-bond acceptors (Lipinski definition) is 5. The molecule has 0 saturated carbocycles. The van der Waals surface area contributed by atoms with E-state index in [1.54, 1.807) is 19.2 Å². The highest BCUT2D eigenvalue weighted by Crippen LogP contribution is 2.11. The van der Waals surface area contributed by atoms with Crippen LogP contribution in [-0.4, -0.2) is 22.2 Å². The smallest absolute Gasteiger partial charge is 0.274 e. The zero-order valence-electron chi connectivity index (χ0n) is 8.15. The molecule has 6 nitrogen and oxygen atoms in total. The Labute approximate surface area is 85.3 Å². The number of hydrogen-bond donors (Lipinski definition) is 2. The molecule has 78 valence electrons. The first kappa shape index (κ1) is 9.60. The van der Waals surface area contributed by atoms with E-state index in [1.807, 2.05) is 0 Å². The summed E-state index contributed by atoms with van der Waals surface area (Å²) in [6, 6.07) is 4.77. The minimum atomic E-state index is -0.194. The van der Waals surface area contributed by atoms with Crippen molar-refractivity contribution in [3.8, 4) is 11.6 Å². The average Bonchev–Trinajstić information content (AvgIpc) is 2.67. The van der Waals surface area contributed by atoms with Gasteiger partial charge in [0.1, 0.15) is 5.69 Å². The predicted molar refractivity (Wildman–Crippen MR) is 53.1 cm³/mol. The number of aromatic amines is 1. The van der Waals surface area contributed by atoms with Gasteiger partial charge in [0.2, 0.25) is 5.56 Å². The molecule has 0 saturated heterocycles. The first-order valence-corrected chi connectivity index (χ1v) is 4.46. The van der Waals surface area contributed by atoms with Gasteiger partial charge in [-0.2, -0.15) is 4.98 Å². The molecule has 15 heavy (non-hydrogen) atoms. The van der Waals surface area contributed by atoms with Crippen LogP contribution >= 0.6 is 0 Å². The maximum atomic E-state index is 11.0. The summed E-state index contributed by atoms with van der Waals surface area (Å²) in [5, 5.41) is 6.64. The minimum absolute atomic E-state index is 0.194. The van der Waals surface area contributed by atoms with Crippen LogP contribution in [0.25, 0.3) is 11.6 Å². The third kappa shape index (κ3) is 2.10. The van der Waals surface area contributed by atoms with E-state index in [1.165, 1.54) is 6.07 Å². The van der Waals surface area contributed by atoms with Gasteiger partial charge in [0.15, 0.2) is 5.82 Å². The van der Waals surface area contributed by atoms with Gasteiger partial charge in [-0.05, 0) is 13.1 Å². The molecule has 2 heterocycles. The molecule has 0 fully saturated rings. The third-order valence-corrected chi connectivity index (χ3v) is 1.80. The maximum Gasteiger partial charge on any atom is 0.274 e. The van der Waals surface area contributed by atoms with Crippen molar-refractivity contribution in [3.05, 3.63) is 34.4 Å². The van der Waals surface area contributed by atoms with Crippen molar-refractivity contribution >= 4 is 0 Å². The number of nitrogens with zero attached hydrogens (tertiary/aromatic N) is 2. The number of pyridine rings is 1. The van der Waals surface area contributed by atoms with Gasteiger partial charge in [0.05, 0.1) is 6.54 Å². The molecule has 0 amide bonds. The van der Waals surface area contributed by atoms with Gasteiger partial charge in [0, 0.05) is 6.07 Å².